The summed E-state index contributed by atoms with van der Waals surface area (Å²) in [5.74, 6) is -0.0492. The molecular formula is C14H18N4O. The van der Waals surface area contributed by atoms with E-state index in [0.717, 1.165) is 11.1 Å². The predicted octanol–water partition coefficient (Wildman–Crippen LogP) is 1.15. The number of benzene rings is 1. The fourth-order valence-corrected chi connectivity index (χ4v) is 2.00. The first-order chi connectivity index (χ1) is 9.13. The standard InChI is InChI=1S/C14H18N4O/c1-17(14(19)13-8-16-10-18(13)2)9-12-6-4-3-5-11(12)7-15/h3-6,8,10H,7,9,15H2,1-2H3. The van der Waals surface area contributed by atoms with Crippen LogP contribution in [-0.2, 0) is 20.1 Å². The molecule has 1 aromatic carbocycles. The van der Waals surface area contributed by atoms with Crippen LogP contribution in [0.15, 0.2) is 36.8 Å². The van der Waals surface area contributed by atoms with Gasteiger partial charge in [-0.25, -0.2) is 4.98 Å². The molecule has 19 heavy (non-hydrogen) atoms. The topological polar surface area (TPSA) is 64.2 Å². The van der Waals surface area contributed by atoms with Gasteiger partial charge in [-0.2, -0.15) is 0 Å². The molecular weight excluding hydrogens is 240 g/mol. The molecule has 5 nitrogen and oxygen atoms in total. The SMILES string of the molecule is CN(Cc1ccccc1CN)C(=O)c1cncn1C. The van der Waals surface area contributed by atoms with E-state index in [2.05, 4.69) is 4.98 Å². The van der Waals surface area contributed by atoms with E-state index in [4.69, 9.17) is 5.73 Å². The summed E-state index contributed by atoms with van der Waals surface area (Å²) in [7, 11) is 3.59. The molecule has 2 N–H and O–H groups in total. The fraction of sp³-hybridized carbons (Fsp3) is 0.286. The maximum atomic E-state index is 12.3. The minimum Gasteiger partial charge on any atom is -0.336 e. The number of rotatable bonds is 4. The van der Waals surface area contributed by atoms with Gasteiger partial charge in [0.2, 0.25) is 0 Å². The second kappa shape index (κ2) is 5.67. The molecule has 1 amide bonds. The molecule has 0 aliphatic rings. The smallest absolute Gasteiger partial charge is 0.272 e. The first kappa shape index (κ1) is 13.3. The van der Waals surface area contributed by atoms with Crippen molar-refractivity contribution in [2.24, 2.45) is 12.8 Å². The molecule has 0 atom stereocenters. The number of aryl methyl sites for hydroxylation is 1. The molecule has 0 unspecified atom stereocenters. The highest BCUT2D eigenvalue weighted by Crippen LogP contribution is 2.12. The van der Waals surface area contributed by atoms with Crippen molar-refractivity contribution < 1.29 is 4.79 Å². The number of hydrogen-bond acceptors (Lipinski definition) is 3. The lowest BCUT2D eigenvalue weighted by molar-refractivity contribution is 0.0775. The lowest BCUT2D eigenvalue weighted by atomic mass is 10.1. The van der Waals surface area contributed by atoms with E-state index >= 15 is 0 Å². The van der Waals surface area contributed by atoms with Gasteiger partial charge in [-0.05, 0) is 11.1 Å². The summed E-state index contributed by atoms with van der Waals surface area (Å²) in [5.41, 5.74) is 8.41. The summed E-state index contributed by atoms with van der Waals surface area (Å²) in [6, 6.07) is 7.89. The second-order valence-corrected chi connectivity index (χ2v) is 4.52. The van der Waals surface area contributed by atoms with Gasteiger partial charge < -0.3 is 15.2 Å². The molecule has 0 saturated carbocycles. The number of nitrogens with two attached hydrogens (primary N) is 1. The van der Waals surface area contributed by atoms with Crippen LogP contribution in [0.25, 0.3) is 0 Å². The molecule has 2 aromatic rings. The van der Waals surface area contributed by atoms with Gasteiger partial charge in [-0.15, -0.1) is 0 Å². The zero-order valence-corrected chi connectivity index (χ0v) is 11.2. The molecule has 0 fully saturated rings. The lowest BCUT2D eigenvalue weighted by Gasteiger charge is -2.19. The molecule has 0 saturated heterocycles. The van der Waals surface area contributed by atoms with Crippen molar-refractivity contribution in [3.63, 3.8) is 0 Å². The second-order valence-electron chi connectivity index (χ2n) is 4.52. The third kappa shape index (κ3) is 2.82. The highest BCUT2D eigenvalue weighted by Gasteiger charge is 2.15. The van der Waals surface area contributed by atoms with E-state index in [1.54, 1.807) is 29.0 Å². The van der Waals surface area contributed by atoms with Crippen molar-refractivity contribution in [2.45, 2.75) is 13.1 Å². The summed E-state index contributed by atoms with van der Waals surface area (Å²) in [5, 5.41) is 0. The van der Waals surface area contributed by atoms with Crippen LogP contribution >= 0.6 is 0 Å². The summed E-state index contributed by atoms with van der Waals surface area (Å²) < 4.78 is 1.72. The van der Waals surface area contributed by atoms with Crippen LogP contribution in [0, 0.1) is 0 Å². The molecule has 1 heterocycles. The number of carbonyl (C=O) groups excluding carboxylic acids is 1. The number of amides is 1. The number of nitrogens with zero attached hydrogens (tertiary/aromatic N) is 3. The molecule has 0 bridgehead atoms. The minimum atomic E-state index is -0.0492. The first-order valence-corrected chi connectivity index (χ1v) is 6.12. The predicted molar refractivity (Wildman–Crippen MR) is 73.3 cm³/mol. The molecule has 0 radical (unpaired) electrons. The van der Waals surface area contributed by atoms with E-state index in [1.807, 2.05) is 31.3 Å². The van der Waals surface area contributed by atoms with Crippen LogP contribution in [0.1, 0.15) is 21.6 Å². The quantitative estimate of drug-likeness (QED) is 0.894. The van der Waals surface area contributed by atoms with Crippen LogP contribution in [0.5, 0.6) is 0 Å². The van der Waals surface area contributed by atoms with Crippen molar-refractivity contribution in [3.8, 4) is 0 Å². The van der Waals surface area contributed by atoms with Crippen LogP contribution < -0.4 is 5.73 Å². The van der Waals surface area contributed by atoms with E-state index in [1.165, 1.54) is 0 Å². The normalized spacial score (nSPS) is 10.5. The van der Waals surface area contributed by atoms with Crippen molar-refractivity contribution in [3.05, 3.63) is 53.6 Å². The van der Waals surface area contributed by atoms with Crippen molar-refractivity contribution in [1.29, 1.82) is 0 Å². The van der Waals surface area contributed by atoms with Gasteiger partial charge in [0.25, 0.3) is 5.91 Å². The fourth-order valence-electron chi connectivity index (χ4n) is 2.00. The van der Waals surface area contributed by atoms with Crippen LogP contribution in [0.4, 0.5) is 0 Å². The average molecular weight is 258 g/mol. The van der Waals surface area contributed by atoms with Gasteiger partial charge in [-0.1, -0.05) is 24.3 Å². The monoisotopic (exact) mass is 258 g/mol. The summed E-state index contributed by atoms with van der Waals surface area (Å²) in [4.78, 5) is 17.9. The highest BCUT2D eigenvalue weighted by atomic mass is 16.2. The number of carbonyl (C=O) groups is 1. The summed E-state index contributed by atoms with van der Waals surface area (Å²) in [6.07, 6.45) is 3.20. The zero-order valence-electron chi connectivity index (χ0n) is 11.2. The Balaban J connectivity index is 2.15. The van der Waals surface area contributed by atoms with E-state index in [-0.39, 0.29) is 5.91 Å². The Morgan fingerprint density at radius 1 is 1.37 bits per heavy atom. The molecule has 100 valence electrons. The molecule has 1 aromatic heterocycles. The van der Waals surface area contributed by atoms with Gasteiger partial charge in [0.1, 0.15) is 5.69 Å². The highest BCUT2D eigenvalue weighted by molar-refractivity contribution is 5.92. The zero-order chi connectivity index (χ0) is 13.8. The van der Waals surface area contributed by atoms with Crippen LogP contribution in [0.3, 0.4) is 0 Å². The number of imidazole rings is 1. The Morgan fingerprint density at radius 2 is 2.05 bits per heavy atom. The summed E-state index contributed by atoms with van der Waals surface area (Å²) >= 11 is 0. The third-order valence-electron chi connectivity index (χ3n) is 3.13. The molecule has 5 heteroatoms. The number of hydrogen-bond donors (Lipinski definition) is 1. The number of aromatic nitrogens is 2. The van der Waals surface area contributed by atoms with Gasteiger partial charge in [0.15, 0.2) is 0 Å². The van der Waals surface area contributed by atoms with Gasteiger partial charge in [0, 0.05) is 27.2 Å². The first-order valence-electron chi connectivity index (χ1n) is 6.12. The van der Waals surface area contributed by atoms with Crippen LogP contribution in [0.2, 0.25) is 0 Å². The third-order valence-corrected chi connectivity index (χ3v) is 3.13. The maximum absolute atomic E-state index is 12.3. The Hall–Kier alpha value is -2.14. The Kier molecular flexibility index (Phi) is 3.97. The Bertz CT molecular complexity index is 576. The van der Waals surface area contributed by atoms with Gasteiger partial charge in [-0.3, -0.25) is 4.79 Å². The lowest BCUT2D eigenvalue weighted by Crippen LogP contribution is -2.28. The molecule has 2 rings (SSSR count). The molecule has 0 aliphatic carbocycles. The average Bonchev–Trinajstić information content (AvgIpc) is 2.84. The Labute approximate surface area is 112 Å². The van der Waals surface area contributed by atoms with Gasteiger partial charge >= 0.3 is 0 Å². The maximum Gasteiger partial charge on any atom is 0.272 e. The van der Waals surface area contributed by atoms with Crippen molar-refractivity contribution in [2.75, 3.05) is 7.05 Å². The largest absolute Gasteiger partial charge is 0.336 e. The van der Waals surface area contributed by atoms with Gasteiger partial charge in [0.05, 0.1) is 12.5 Å². The van der Waals surface area contributed by atoms with E-state index < -0.39 is 0 Å². The molecule has 0 spiro atoms. The molecule has 0 aliphatic heterocycles. The van der Waals surface area contributed by atoms with E-state index in [0.29, 0.717) is 18.8 Å². The van der Waals surface area contributed by atoms with Crippen LogP contribution in [-0.4, -0.2) is 27.4 Å². The van der Waals surface area contributed by atoms with E-state index in [9.17, 15) is 4.79 Å². The Morgan fingerprint density at radius 3 is 2.63 bits per heavy atom. The van der Waals surface area contributed by atoms with Crippen molar-refractivity contribution in [1.82, 2.24) is 14.5 Å². The minimum absolute atomic E-state index is 0.0492. The summed E-state index contributed by atoms with van der Waals surface area (Å²) in [6.45, 7) is 1.02. The van der Waals surface area contributed by atoms with Crippen molar-refractivity contribution >= 4 is 5.91 Å².